The van der Waals surface area contributed by atoms with Crippen molar-refractivity contribution in [3.63, 3.8) is 0 Å². The van der Waals surface area contributed by atoms with Crippen molar-refractivity contribution >= 4 is 130 Å². The van der Waals surface area contributed by atoms with E-state index in [4.69, 9.17) is 0 Å². The van der Waals surface area contributed by atoms with E-state index in [-0.39, 0.29) is 55.8 Å². The third-order valence-electron chi connectivity index (χ3n) is 10.2. The number of nitrogens with zero attached hydrogens (tertiary/aromatic N) is 2. The van der Waals surface area contributed by atoms with Crippen molar-refractivity contribution in [2.75, 3.05) is 0 Å². The monoisotopic (exact) mass is 1300 g/mol. The van der Waals surface area contributed by atoms with Gasteiger partial charge in [0.15, 0.2) is 0 Å². The summed E-state index contributed by atoms with van der Waals surface area (Å²) in [4.78, 5) is 59.7. The van der Waals surface area contributed by atoms with Gasteiger partial charge in [0.25, 0.3) is 0 Å². The summed E-state index contributed by atoms with van der Waals surface area (Å²) in [5.74, 6) is -4.52. The molecule has 10 rings (SSSR count). The molecule has 4 aliphatic rings. The minimum Gasteiger partial charge on any atom is -0.545 e. The van der Waals surface area contributed by atoms with Crippen LogP contribution in [0.2, 0.25) is 0 Å². The maximum atomic E-state index is 10.1. The molecule has 2 radical (unpaired) electrons. The van der Waals surface area contributed by atoms with Crippen LogP contribution in [0.25, 0.3) is 12.2 Å². The Hall–Kier alpha value is -5.21. The summed E-state index contributed by atoms with van der Waals surface area (Å²) in [6.45, 7) is 13.2. The first kappa shape index (κ1) is 69.1. The van der Waals surface area contributed by atoms with Gasteiger partial charge in [-0.1, -0.05) is 228 Å². The van der Waals surface area contributed by atoms with Crippen molar-refractivity contribution < 1.29 is 73.2 Å². The summed E-state index contributed by atoms with van der Waals surface area (Å²) in [6, 6.07) is 40.4. The number of aromatic nitrogens is 2. The average molecular weight is 1300 g/mol. The molecule has 0 atom stereocenters. The summed E-state index contributed by atoms with van der Waals surface area (Å²) in [6.07, 6.45) is 16.1. The van der Waals surface area contributed by atoms with Gasteiger partial charge in [0.2, 0.25) is 0 Å². The fourth-order valence-electron chi connectivity index (χ4n) is 5.88. The number of allylic oxidation sites excluding steroid dienone is 8. The van der Waals surface area contributed by atoms with Gasteiger partial charge in [-0.2, -0.15) is 0 Å². The Bertz CT molecular complexity index is 2940. The molecule has 20 heteroatoms. The van der Waals surface area contributed by atoms with E-state index in [1.807, 2.05) is 143 Å². The molecule has 10 nitrogen and oxygen atoms in total. The molecule has 0 N–H and O–H groups in total. The number of carbonyl (C=O) groups is 4. The maximum Gasteiger partial charge on any atom is 2.00 e. The number of carboxylic acids is 4. The van der Waals surface area contributed by atoms with Crippen molar-refractivity contribution in [1.29, 1.82) is 0 Å². The minimum absolute atomic E-state index is 0. The van der Waals surface area contributed by atoms with Crippen LogP contribution < -0.4 is 20.4 Å². The SMILES string of the molecule is CC1=C(C)SC(=C2SC(C)=C(/C=C/c3ccncc3)S2)S1.CC1=C(C)SC(=C2SC(C)=C(/C=C/c3ccncc3)S2)S1.O=C([O-])c1ccccc1.O=C([O-])c1ccccc1.O=C([O-])c1ccccc1.O=C([O-])c1ccccc1.[Co+2].[Co+2]. The van der Waals surface area contributed by atoms with Gasteiger partial charge in [-0.15, -0.1) is 0 Å². The van der Waals surface area contributed by atoms with E-state index < -0.39 is 23.9 Å². The molecule has 414 valence electrons. The zero-order valence-corrected chi connectivity index (χ0v) is 52.2. The molecule has 6 aromatic rings. The molecule has 0 bridgehead atoms. The largest absolute Gasteiger partial charge is 2.00 e. The second-order valence-corrected chi connectivity index (χ2v) is 26.4. The van der Waals surface area contributed by atoms with Crippen LogP contribution in [0, 0.1) is 0 Å². The second kappa shape index (κ2) is 37.0. The minimum atomic E-state index is -1.13. The molecule has 0 amide bonds. The Labute approximate surface area is 522 Å². The Kier molecular flexibility index (Phi) is 31.9. The first-order valence-corrected chi connectivity index (χ1v) is 29.9. The number of hydrogen-bond acceptors (Lipinski definition) is 18. The number of benzene rings is 4. The van der Waals surface area contributed by atoms with E-state index in [2.05, 4.69) is 75.8 Å². The number of rotatable bonds is 8. The molecule has 0 saturated carbocycles. The van der Waals surface area contributed by atoms with Crippen molar-refractivity contribution in [3.05, 3.63) is 272 Å². The Morgan fingerprint density at radius 1 is 0.312 bits per heavy atom. The van der Waals surface area contributed by atoms with Crippen molar-refractivity contribution in [1.82, 2.24) is 9.97 Å². The van der Waals surface area contributed by atoms with E-state index in [0.717, 1.165) is 0 Å². The van der Waals surface area contributed by atoms with Gasteiger partial charge in [-0.25, -0.2) is 0 Å². The summed E-state index contributed by atoms with van der Waals surface area (Å²) >= 11 is 15.2. The van der Waals surface area contributed by atoms with Gasteiger partial charge in [0, 0.05) is 44.4 Å². The Morgan fingerprint density at radius 2 is 0.525 bits per heavy atom. The van der Waals surface area contributed by atoms with Crippen molar-refractivity contribution in [2.24, 2.45) is 0 Å². The van der Waals surface area contributed by atoms with E-state index in [1.165, 1.54) is 116 Å². The number of hydrogen-bond donors (Lipinski definition) is 0. The quantitative estimate of drug-likeness (QED) is 0.140. The Balaban J connectivity index is 0.000000264. The summed E-state index contributed by atoms with van der Waals surface area (Å²) in [7, 11) is 0. The van der Waals surface area contributed by atoms with Gasteiger partial charge >= 0.3 is 33.6 Å². The number of carboxylic acid groups (broad SMARTS) is 4. The molecule has 0 spiro atoms. The van der Waals surface area contributed by atoms with Crippen LogP contribution in [-0.2, 0) is 33.6 Å². The molecule has 6 heterocycles. The zero-order chi connectivity index (χ0) is 56.4. The molecule has 80 heavy (non-hydrogen) atoms. The van der Waals surface area contributed by atoms with Crippen LogP contribution in [0.4, 0.5) is 0 Å². The molecule has 4 aliphatic heterocycles. The predicted molar refractivity (Wildman–Crippen MR) is 327 cm³/mol. The van der Waals surface area contributed by atoms with Crippen LogP contribution in [-0.4, -0.2) is 33.8 Å². The third-order valence-corrected chi connectivity index (χ3v) is 21.7. The molecule has 4 aromatic carbocycles. The number of pyridine rings is 2. The number of thioether (sulfide) groups is 8. The van der Waals surface area contributed by atoms with Gasteiger partial charge in [0.1, 0.15) is 0 Å². The summed E-state index contributed by atoms with van der Waals surface area (Å²) in [5, 5.41) is 40.4. The normalized spacial score (nSPS) is 14.3. The molecule has 0 aliphatic carbocycles. The standard InChI is InChI=1S/2C16H15NS4.4C7H6O2.2Co/c2*1-10-11(2)19-15(18-10)16-20-12(3)14(21-16)5-4-13-6-8-17-9-7-13;4*8-7(9)6-4-2-1-3-5-6;;/h2*4-9H,1-3H3;4*1-5H,(H,8,9);;/q;;;;;;2*+2/p-4/b2*5-4+;;;;;;. The van der Waals surface area contributed by atoms with Crippen molar-refractivity contribution in [3.8, 4) is 0 Å². The Morgan fingerprint density at radius 3 is 0.738 bits per heavy atom. The number of aromatic carboxylic acids is 4. The van der Waals surface area contributed by atoms with Gasteiger partial charge in [0.05, 0.1) is 40.8 Å². The molecular formula is C60H50Co2N2O8S8. The van der Waals surface area contributed by atoms with Crippen LogP contribution in [0.5, 0.6) is 0 Å². The summed E-state index contributed by atoms with van der Waals surface area (Å²) in [5.41, 5.74) is 3.26. The van der Waals surface area contributed by atoms with E-state index >= 15 is 0 Å². The van der Waals surface area contributed by atoms with Gasteiger partial charge in [-0.05, 0) is 131 Å². The van der Waals surface area contributed by atoms with Gasteiger partial charge in [-0.3, -0.25) is 9.97 Å². The fraction of sp³-hybridized carbons (Fsp3) is 0.100. The molecular weight excluding hydrogens is 1250 g/mol. The first-order valence-electron chi connectivity index (χ1n) is 23.4. The predicted octanol–water partition coefficient (Wildman–Crippen LogP) is 13.5. The maximum absolute atomic E-state index is 10.1. The first-order chi connectivity index (χ1) is 37.5. The zero-order valence-electron chi connectivity index (χ0n) is 43.6. The van der Waals surface area contributed by atoms with Crippen LogP contribution in [0.3, 0.4) is 0 Å². The van der Waals surface area contributed by atoms with E-state index in [0.29, 0.717) is 0 Å². The average Bonchev–Trinajstić information content (AvgIpc) is 4.23. The third kappa shape index (κ3) is 24.1. The van der Waals surface area contributed by atoms with E-state index in [1.54, 1.807) is 72.8 Å². The topological polar surface area (TPSA) is 186 Å². The second-order valence-electron chi connectivity index (χ2n) is 15.9. The van der Waals surface area contributed by atoms with Crippen molar-refractivity contribution in [2.45, 2.75) is 41.5 Å². The smallest absolute Gasteiger partial charge is 0.545 e. The fourth-order valence-corrected chi connectivity index (χ4v) is 16.5. The van der Waals surface area contributed by atoms with Crippen LogP contribution in [0.1, 0.15) is 94.1 Å². The summed E-state index contributed by atoms with van der Waals surface area (Å²) < 4.78 is 5.72. The van der Waals surface area contributed by atoms with Crippen LogP contribution in [0.15, 0.2) is 239 Å². The molecule has 0 unspecified atom stereocenters. The van der Waals surface area contributed by atoms with E-state index in [9.17, 15) is 39.6 Å². The molecule has 0 saturated heterocycles. The van der Waals surface area contributed by atoms with Gasteiger partial charge < -0.3 is 39.6 Å². The molecule has 0 fully saturated rings. The van der Waals surface area contributed by atoms with Crippen LogP contribution >= 0.6 is 94.1 Å². The molecule has 2 aromatic heterocycles. The number of carbonyl (C=O) groups excluding carboxylic acids is 4.